The van der Waals surface area contributed by atoms with Gasteiger partial charge < -0.3 is 9.80 Å². The van der Waals surface area contributed by atoms with Crippen LogP contribution < -0.4 is 0 Å². The van der Waals surface area contributed by atoms with Gasteiger partial charge in [-0.05, 0) is 96.8 Å². The van der Waals surface area contributed by atoms with Gasteiger partial charge in [-0.2, -0.15) is 0 Å². The lowest BCUT2D eigenvalue weighted by atomic mass is 9.74. The van der Waals surface area contributed by atoms with Crippen LogP contribution >= 0.6 is 24.0 Å². The summed E-state index contributed by atoms with van der Waals surface area (Å²) in [6, 6.07) is 7.99. The van der Waals surface area contributed by atoms with Crippen molar-refractivity contribution in [3.63, 3.8) is 0 Å². The van der Waals surface area contributed by atoms with Crippen molar-refractivity contribution in [1.82, 2.24) is 14.7 Å². The zero-order valence-corrected chi connectivity index (χ0v) is 27.9. The van der Waals surface area contributed by atoms with E-state index in [2.05, 4.69) is 51.7 Å². The molecule has 1 saturated carbocycles. The third kappa shape index (κ3) is 7.30. The van der Waals surface area contributed by atoms with Gasteiger partial charge in [0.15, 0.2) is 0 Å². The lowest BCUT2D eigenvalue weighted by Crippen LogP contribution is -2.55. The largest absolute Gasteiger partial charge is 0.340 e. The zero-order valence-electron chi connectivity index (χ0n) is 26.3. The maximum absolute atomic E-state index is 14.2. The molecule has 230 valence electrons. The summed E-state index contributed by atoms with van der Waals surface area (Å²) in [5.41, 5.74) is 0.318. The highest BCUT2D eigenvalue weighted by molar-refractivity contribution is 6.30. The zero-order chi connectivity index (χ0) is 29.6. The van der Waals surface area contributed by atoms with E-state index in [1.54, 1.807) is 13.8 Å². The lowest BCUT2D eigenvalue weighted by molar-refractivity contribution is -0.152. The van der Waals surface area contributed by atoms with E-state index in [9.17, 15) is 14.4 Å². The van der Waals surface area contributed by atoms with Crippen molar-refractivity contribution in [3.05, 3.63) is 34.9 Å². The first kappa shape index (κ1) is 33.9. The SMILES string of the molecule is CC(=O)C(C)(C)C(=O)N(C1CCC(C)(C)CC1)[C@H]1CCN(C(=O)[C@@H]2CN(C(C)(C)C)C[C@H]2c2ccc(Cl)cc2)C1.Cl. The van der Waals surface area contributed by atoms with Crippen molar-refractivity contribution in [1.29, 1.82) is 0 Å². The smallest absolute Gasteiger partial charge is 0.236 e. The number of hydrogen-bond donors (Lipinski definition) is 0. The number of nitrogens with zero attached hydrogens (tertiary/aromatic N) is 3. The molecule has 0 N–H and O–H groups in total. The second-order valence-electron chi connectivity index (χ2n) is 14.9. The van der Waals surface area contributed by atoms with E-state index in [0.717, 1.165) is 44.2 Å². The molecule has 1 aromatic carbocycles. The van der Waals surface area contributed by atoms with E-state index in [-0.39, 0.29) is 64.9 Å². The first-order valence-corrected chi connectivity index (χ1v) is 15.5. The molecule has 0 aromatic heterocycles. The monoisotopic (exact) mass is 607 g/mol. The van der Waals surface area contributed by atoms with Gasteiger partial charge >= 0.3 is 0 Å². The fourth-order valence-electron chi connectivity index (χ4n) is 6.82. The second kappa shape index (κ2) is 12.5. The minimum atomic E-state index is -1.07. The molecule has 3 atom stereocenters. The number of carbonyl (C=O) groups is 3. The standard InChI is InChI=1S/C33H50ClN3O3.ClH/c1-22(38)33(7,8)30(40)37(25-13-16-32(5,6)17-14-25)26-15-18-35(19-26)29(39)28-21-36(31(2,3)4)20-27(28)23-9-11-24(34)12-10-23;/h9-12,25-28H,13-21H2,1-8H3;1H/t26-,27-,28+;/m0./s1. The summed E-state index contributed by atoms with van der Waals surface area (Å²) >= 11 is 6.19. The summed E-state index contributed by atoms with van der Waals surface area (Å²) in [4.78, 5) is 47.2. The van der Waals surface area contributed by atoms with E-state index in [1.165, 1.54) is 6.92 Å². The van der Waals surface area contributed by atoms with Gasteiger partial charge in [-0.25, -0.2) is 0 Å². The Hall–Kier alpha value is -1.63. The highest BCUT2D eigenvalue weighted by Gasteiger charge is 2.48. The molecule has 2 aliphatic heterocycles. The number of benzene rings is 1. The molecule has 0 radical (unpaired) electrons. The van der Waals surface area contributed by atoms with E-state index < -0.39 is 5.41 Å². The van der Waals surface area contributed by atoms with Crippen LogP contribution in [0, 0.1) is 16.7 Å². The van der Waals surface area contributed by atoms with Crippen molar-refractivity contribution >= 4 is 41.6 Å². The predicted molar refractivity (Wildman–Crippen MR) is 169 cm³/mol. The molecule has 0 bridgehead atoms. The molecular weight excluding hydrogens is 557 g/mol. The first-order valence-electron chi connectivity index (χ1n) is 15.1. The summed E-state index contributed by atoms with van der Waals surface area (Å²) in [6.45, 7) is 19.0. The summed E-state index contributed by atoms with van der Waals surface area (Å²) in [5.74, 6) is -0.0610. The Morgan fingerprint density at radius 3 is 2.02 bits per heavy atom. The van der Waals surface area contributed by atoms with Gasteiger partial charge in [-0.15, -0.1) is 12.4 Å². The number of ketones is 1. The van der Waals surface area contributed by atoms with Crippen LogP contribution in [0.5, 0.6) is 0 Å². The maximum Gasteiger partial charge on any atom is 0.236 e. The van der Waals surface area contributed by atoms with Gasteiger partial charge in [0.1, 0.15) is 11.2 Å². The molecule has 0 unspecified atom stereocenters. The Morgan fingerprint density at radius 2 is 1.49 bits per heavy atom. The van der Waals surface area contributed by atoms with Gasteiger partial charge in [0.05, 0.1) is 12.0 Å². The molecule has 2 saturated heterocycles. The van der Waals surface area contributed by atoms with Crippen molar-refractivity contribution in [3.8, 4) is 0 Å². The molecule has 2 amide bonds. The molecule has 3 fully saturated rings. The summed E-state index contributed by atoms with van der Waals surface area (Å²) in [5, 5.41) is 0.698. The topological polar surface area (TPSA) is 60.9 Å². The van der Waals surface area contributed by atoms with E-state index in [0.29, 0.717) is 24.7 Å². The number of halogens is 2. The fourth-order valence-corrected chi connectivity index (χ4v) is 6.94. The molecule has 2 heterocycles. The van der Waals surface area contributed by atoms with E-state index in [4.69, 9.17) is 11.6 Å². The summed E-state index contributed by atoms with van der Waals surface area (Å²) in [7, 11) is 0. The molecule has 1 aromatic rings. The van der Waals surface area contributed by atoms with Crippen LogP contribution in [0.3, 0.4) is 0 Å². The van der Waals surface area contributed by atoms with E-state index in [1.807, 2.05) is 21.9 Å². The van der Waals surface area contributed by atoms with Crippen LogP contribution in [0.2, 0.25) is 5.02 Å². The molecule has 4 rings (SSSR count). The number of Topliss-reactive ketones (excluding diaryl/α,β-unsaturated/α-hetero) is 1. The van der Waals surface area contributed by atoms with Crippen molar-refractivity contribution < 1.29 is 14.4 Å². The molecule has 6 nitrogen and oxygen atoms in total. The van der Waals surface area contributed by atoms with Gasteiger partial charge in [-0.1, -0.05) is 37.6 Å². The van der Waals surface area contributed by atoms with Crippen LogP contribution in [0.4, 0.5) is 0 Å². The maximum atomic E-state index is 14.2. The van der Waals surface area contributed by atoms with Crippen LogP contribution in [0.1, 0.15) is 99.0 Å². The van der Waals surface area contributed by atoms with Crippen LogP contribution in [-0.2, 0) is 14.4 Å². The normalized spacial score (nSPS) is 25.6. The Balaban J connectivity index is 0.00000462. The van der Waals surface area contributed by atoms with Crippen molar-refractivity contribution in [2.75, 3.05) is 26.2 Å². The Bertz CT molecular complexity index is 1100. The van der Waals surface area contributed by atoms with Crippen LogP contribution in [0.25, 0.3) is 0 Å². The predicted octanol–water partition coefficient (Wildman–Crippen LogP) is 6.59. The average Bonchev–Trinajstić information content (AvgIpc) is 3.53. The third-order valence-corrected chi connectivity index (χ3v) is 10.4. The van der Waals surface area contributed by atoms with E-state index >= 15 is 0 Å². The fraction of sp³-hybridized carbons (Fsp3) is 0.727. The average molecular weight is 609 g/mol. The number of rotatable bonds is 6. The molecule has 41 heavy (non-hydrogen) atoms. The third-order valence-electron chi connectivity index (χ3n) is 10.1. The number of hydrogen-bond acceptors (Lipinski definition) is 4. The summed E-state index contributed by atoms with van der Waals surface area (Å²) < 4.78 is 0. The van der Waals surface area contributed by atoms with Gasteiger partial charge in [0, 0.05) is 48.7 Å². The lowest BCUT2D eigenvalue weighted by Gasteiger charge is -2.45. The Labute approximate surface area is 258 Å². The minimum Gasteiger partial charge on any atom is -0.340 e. The van der Waals surface area contributed by atoms with Crippen molar-refractivity contribution in [2.24, 2.45) is 16.7 Å². The highest BCUT2D eigenvalue weighted by Crippen LogP contribution is 2.41. The number of likely N-dealkylation sites (tertiary alicyclic amines) is 2. The molecular formula is C33H51Cl2N3O3. The highest BCUT2D eigenvalue weighted by atomic mass is 35.5. The Kier molecular flexibility index (Phi) is 10.4. The molecule has 3 aliphatic rings. The quantitative estimate of drug-likeness (QED) is 0.342. The number of amides is 2. The Morgan fingerprint density at radius 1 is 0.902 bits per heavy atom. The molecule has 1 aliphatic carbocycles. The van der Waals surface area contributed by atoms with Gasteiger partial charge in [0.25, 0.3) is 0 Å². The minimum absolute atomic E-state index is 0. The summed E-state index contributed by atoms with van der Waals surface area (Å²) in [6.07, 6.45) is 4.76. The van der Waals surface area contributed by atoms with Crippen LogP contribution in [0.15, 0.2) is 24.3 Å². The van der Waals surface area contributed by atoms with Crippen LogP contribution in [-0.4, -0.2) is 76.1 Å². The molecule has 0 spiro atoms. The first-order chi connectivity index (χ1) is 18.5. The second-order valence-corrected chi connectivity index (χ2v) is 15.3. The van der Waals surface area contributed by atoms with Crippen molar-refractivity contribution in [2.45, 2.75) is 111 Å². The molecule has 8 heteroatoms. The van der Waals surface area contributed by atoms with Gasteiger partial charge in [0.2, 0.25) is 11.8 Å². The van der Waals surface area contributed by atoms with Gasteiger partial charge in [-0.3, -0.25) is 19.3 Å². The number of carbonyl (C=O) groups excluding carboxylic acids is 3.